The Morgan fingerprint density at radius 3 is 2.06 bits per heavy atom. The van der Waals surface area contributed by atoms with Crippen LogP contribution in [0.4, 0.5) is 0 Å². The molecule has 0 atom stereocenters. The summed E-state index contributed by atoms with van der Waals surface area (Å²) < 4.78 is 8.20. The van der Waals surface area contributed by atoms with Crippen LogP contribution in [0.2, 0.25) is 0 Å². The lowest BCUT2D eigenvalue weighted by Gasteiger charge is -2.21. The molecule has 0 spiro atoms. The van der Waals surface area contributed by atoms with Crippen molar-refractivity contribution in [3.8, 4) is 33.6 Å². The van der Waals surface area contributed by atoms with Gasteiger partial charge >= 0.3 is 0 Å². The molecule has 1 aliphatic carbocycles. The summed E-state index contributed by atoms with van der Waals surface area (Å²) in [6.45, 7) is 4.32. The molecule has 0 fully saturated rings. The fraction of sp³-hybridized carbons (Fsp3) is 0.0667. The monoisotopic (exact) mass is 628 g/mol. The summed E-state index contributed by atoms with van der Waals surface area (Å²) in [6, 6.07) is 46.8. The van der Waals surface area contributed by atoms with E-state index in [1.165, 1.54) is 27.1 Å². The third-order valence-corrected chi connectivity index (χ3v) is 10.9. The standard InChI is InChI=1S/C45H28N2O2/c1-45(2)36-12-6-5-10-31(36)40-32-11-7-13-37-42(32)47(44(48)41(40)45)43(46-37)29-19-21-39-35(24-29)34-23-28(18-20-38(34)49-39)27-17-16-26-15-14-25-8-3-4-9-30(25)33(26)22-27/h3-24H,1-2H3. The van der Waals surface area contributed by atoms with E-state index in [-0.39, 0.29) is 5.56 Å². The third-order valence-electron chi connectivity index (χ3n) is 10.9. The SMILES string of the molecule is CC1(C)c2ccccc2-c2c1c(=O)n1c(-c3ccc4oc5ccc(-c6ccc7ccc8ccccc8c7c6)cc5c4c3)nc3cccc2c31. The van der Waals surface area contributed by atoms with Gasteiger partial charge in [-0.2, -0.15) is 0 Å². The molecule has 230 valence electrons. The van der Waals surface area contributed by atoms with Gasteiger partial charge in [0.15, 0.2) is 0 Å². The zero-order chi connectivity index (χ0) is 32.6. The minimum Gasteiger partial charge on any atom is -0.456 e. The van der Waals surface area contributed by atoms with Crippen LogP contribution in [0.1, 0.15) is 25.0 Å². The van der Waals surface area contributed by atoms with E-state index in [2.05, 4.69) is 129 Å². The number of benzene rings is 7. The molecule has 10 aromatic rings. The summed E-state index contributed by atoms with van der Waals surface area (Å²) in [5.74, 6) is 0.652. The number of imidazole rings is 1. The van der Waals surface area contributed by atoms with Crippen LogP contribution in [-0.4, -0.2) is 9.38 Å². The van der Waals surface area contributed by atoms with Gasteiger partial charge in [0.1, 0.15) is 17.0 Å². The Bertz CT molecular complexity index is 3110. The first-order valence-electron chi connectivity index (χ1n) is 16.8. The molecule has 3 heterocycles. The van der Waals surface area contributed by atoms with E-state index in [4.69, 9.17) is 9.40 Å². The maximum Gasteiger partial charge on any atom is 0.261 e. The second-order valence-electron chi connectivity index (χ2n) is 13.9. The number of pyridine rings is 1. The normalized spacial score (nSPS) is 13.8. The lowest BCUT2D eigenvalue weighted by atomic mass is 9.83. The topological polar surface area (TPSA) is 47.5 Å². The molecule has 0 N–H and O–H groups in total. The van der Waals surface area contributed by atoms with Crippen molar-refractivity contribution in [3.05, 3.63) is 155 Å². The highest BCUT2D eigenvalue weighted by atomic mass is 16.3. The van der Waals surface area contributed by atoms with Crippen LogP contribution >= 0.6 is 0 Å². The van der Waals surface area contributed by atoms with E-state index in [1.54, 1.807) is 0 Å². The summed E-state index contributed by atoms with van der Waals surface area (Å²) in [5.41, 5.74) is 10.2. The Hall–Kier alpha value is -6.26. The highest BCUT2D eigenvalue weighted by molar-refractivity contribution is 6.11. The van der Waals surface area contributed by atoms with Gasteiger partial charge in [0.2, 0.25) is 0 Å². The zero-order valence-electron chi connectivity index (χ0n) is 26.9. The molecule has 4 heteroatoms. The molecular formula is C45H28N2O2. The van der Waals surface area contributed by atoms with Crippen molar-refractivity contribution < 1.29 is 4.42 Å². The molecule has 1 aliphatic rings. The van der Waals surface area contributed by atoms with Gasteiger partial charge in [0.05, 0.1) is 11.0 Å². The average Bonchev–Trinajstić information content (AvgIpc) is 3.78. The zero-order valence-corrected chi connectivity index (χ0v) is 26.9. The predicted octanol–water partition coefficient (Wildman–Crippen LogP) is 11.1. The van der Waals surface area contributed by atoms with Crippen LogP contribution in [0.5, 0.6) is 0 Å². The molecule has 0 radical (unpaired) electrons. The summed E-state index contributed by atoms with van der Waals surface area (Å²) >= 11 is 0. The highest BCUT2D eigenvalue weighted by Gasteiger charge is 2.40. The van der Waals surface area contributed by atoms with E-state index in [9.17, 15) is 4.79 Å². The van der Waals surface area contributed by atoms with Gasteiger partial charge < -0.3 is 4.42 Å². The lowest BCUT2D eigenvalue weighted by molar-refractivity contribution is 0.649. The molecule has 0 amide bonds. The van der Waals surface area contributed by atoms with Crippen molar-refractivity contribution in [2.75, 3.05) is 0 Å². The molecule has 7 aromatic carbocycles. The maximum absolute atomic E-state index is 14.7. The van der Waals surface area contributed by atoms with Gasteiger partial charge in [-0.05, 0) is 86.3 Å². The van der Waals surface area contributed by atoms with Crippen LogP contribution in [-0.2, 0) is 5.41 Å². The van der Waals surface area contributed by atoms with E-state index < -0.39 is 5.41 Å². The fourth-order valence-electron chi connectivity index (χ4n) is 8.59. The number of hydrogen-bond acceptors (Lipinski definition) is 3. The summed E-state index contributed by atoms with van der Waals surface area (Å²) in [7, 11) is 0. The number of nitrogens with zero attached hydrogens (tertiary/aromatic N) is 2. The second-order valence-corrected chi connectivity index (χ2v) is 13.9. The molecule has 0 aliphatic heterocycles. The molecule has 0 unspecified atom stereocenters. The van der Waals surface area contributed by atoms with Gasteiger partial charge in [-0.25, -0.2) is 4.98 Å². The Labute approximate surface area is 280 Å². The first-order chi connectivity index (χ1) is 24.0. The molecule has 0 saturated carbocycles. The number of aromatic nitrogens is 2. The average molecular weight is 629 g/mol. The Morgan fingerprint density at radius 2 is 1.22 bits per heavy atom. The fourth-order valence-corrected chi connectivity index (χ4v) is 8.59. The van der Waals surface area contributed by atoms with Crippen molar-refractivity contribution in [1.29, 1.82) is 0 Å². The molecule has 11 rings (SSSR count). The summed E-state index contributed by atoms with van der Waals surface area (Å²) in [4.78, 5) is 19.8. The largest absolute Gasteiger partial charge is 0.456 e. The van der Waals surface area contributed by atoms with E-state index in [0.29, 0.717) is 5.82 Å². The molecular weight excluding hydrogens is 601 g/mol. The smallest absolute Gasteiger partial charge is 0.261 e. The number of fused-ring (bicyclic) bond motifs is 10. The van der Waals surface area contributed by atoms with E-state index in [0.717, 1.165) is 71.7 Å². The molecule has 0 saturated heterocycles. The summed E-state index contributed by atoms with van der Waals surface area (Å²) in [5, 5.41) is 8.05. The molecule has 4 nitrogen and oxygen atoms in total. The Balaban J connectivity index is 1.12. The predicted molar refractivity (Wildman–Crippen MR) is 201 cm³/mol. The lowest BCUT2D eigenvalue weighted by Crippen LogP contribution is -2.28. The van der Waals surface area contributed by atoms with Crippen molar-refractivity contribution in [2.24, 2.45) is 0 Å². The molecule has 3 aromatic heterocycles. The Morgan fingerprint density at radius 1 is 0.592 bits per heavy atom. The van der Waals surface area contributed by atoms with Crippen molar-refractivity contribution in [3.63, 3.8) is 0 Å². The number of hydrogen-bond donors (Lipinski definition) is 0. The van der Waals surface area contributed by atoms with Crippen LogP contribution in [0.25, 0.3) is 93.5 Å². The quantitative estimate of drug-likeness (QED) is 0.179. The first-order valence-corrected chi connectivity index (χ1v) is 16.8. The molecule has 49 heavy (non-hydrogen) atoms. The maximum atomic E-state index is 14.7. The number of rotatable bonds is 2. The van der Waals surface area contributed by atoms with Crippen LogP contribution in [0, 0.1) is 0 Å². The van der Waals surface area contributed by atoms with E-state index in [1.807, 2.05) is 22.6 Å². The van der Waals surface area contributed by atoms with Crippen LogP contribution in [0.15, 0.2) is 143 Å². The second kappa shape index (κ2) is 9.21. The van der Waals surface area contributed by atoms with Gasteiger partial charge in [-0.3, -0.25) is 9.20 Å². The van der Waals surface area contributed by atoms with Crippen LogP contribution < -0.4 is 5.56 Å². The summed E-state index contributed by atoms with van der Waals surface area (Å²) in [6.07, 6.45) is 0. The Kier molecular flexibility index (Phi) is 5.03. The minimum absolute atomic E-state index is 0.00402. The van der Waals surface area contributed by atoms with Gasteiger partial charge in [-0.15, -0.1) is 0 Å². The first kappa shape index (κ1) is 26.8. The number of para-hydroxylation sites is 1. The van der Waals surface area contributed by atoms with Gasteiger partial charge in [-0.1, -0.05) is 105 Å². The van der Waals surface area contributed by atoms with Gasteiger partial charge in [0.25, 0.3) is 5.56 Å². The van der Waals surface area contributed by atoms with E-state index >= 15 is 0 Å². The van der Waals surface area contributed by atoms with Crippen LogP contribution in [0.3, 0.4) is 0 Å². The number of furan rings is 1. The minimum atomic E-state index is -0.430. The van der Waals surface area contributed by atoms with Crippen molar-refractivity contribution >= 4 is 59.9 Å². The third kappa shape index (κ3) is 3.47. The molecule has 0 bridgehead atoms. The van der Waals surface area contributed by atoms with Crippen molar-refractivity contribution in [2.45, 2.75) is 19.3 Å². The highest BCUT2D eigenvalue weighted by Crippen LogP contribution is 2.50. The van der Waals surface area contributed by atoms with Crippen molar-refractivity contribution in [1.82, 2.24) is 9.38 Å². The van der Waals surface area contributed by atoms with Gasteiger partial charge in [0, 0.05) is 38.3 Å².